The van der Waals surface area contributed by atoms with Gasteiger partial charge in [-0.25, -0.2) is 4.98 Å². The van der Waals surface area contributed by atoms with Crippen LogP contribution in [0.4, 0.5) is 0 Å². The van der Waals surface area contributed by atoms with Gasteiger partial charge in [0.05, 0.1) is 0 Å². The van der Waals surface area contributed by atoms with E-state index in [0.29, 0.717) is 11.3 Å². The van der Waals surface area contributed by atoms with E-state index in [-0.39, 0.29) is 0 Å². The molecule has 0 amide bonds. The molecule has 0 saturated heterocycles. The Bertz CT molecular complexity index is 224. The Morgan fingerprint density at radius 1 is 1.62 bits per heavy atom. The summed E-state index contributed by atoms with van der Waals surface area (Å²) in [5.74, 6) is 0. The summed E-state index contributed by atoms with van der Waals surface area (Å²) in [4.78, 5) is 4.25. The molecule has 13 heavy (non-hydrogen) atoms. The van der Waals surface area contributed by atoms with Crippen molar-refractivity contribution in [2.75, 3.05) is 7.05 Å². The van der Waals surface area contributed by atoms with Crippen LogP contribution in [0.5, 0.6) is 0 Å². The third-order valence-corrected chi connectivity index (χ3v) is 3.93. The van der Waals surface area contributed by atoms with Gasteiger partial charge in [-0.1, -0.05) is 18.7 Å². The van der Waals surface area contributed by atoms with Gasteiger partial charge in [0.15, 0.2) is 0 Å². The Kier molecular flexibility index (Phi) is 4.77. The fourth-order valence-corrected chi connectivity index (χ4v) is 3.20. The molecular weight excluding hydrogens is 200 g/mol. The van der Waals surface area contributed by atoms with Crippen molar-refractivity contribution < 1.29 is 0 Å². The van der Waals surface area contributed by atoms with Crippen LogP contribution in [-0.4, -0.2) is 23.3 Å². The molecule has 0 saturated carbocycles. The van der Waals surface area contributed by atoms with Gasteiger partial charge in [0.2, 0.25) is 0 Å². The maximum Gasteiger partial charge on any atom is 0.150 e. The largest absolute Gasteiger partial charge is 0.317 e. The lowest BCUT2D eigenvalue weighted by Crippen LogP contribution is -2.24. The van der Waals surface area contributed by atoms with E-state index >= 15 is 0 Å². The minimum absolute atomic E-state index is 0.586. The Morgan fingerprint density at radius 2 is 2.38 bits per heavy atom. The zero-order chi connectivity index (χ0) is 9.68. The molecule has 1 N–H and O–H groups in total. The number of nitrogens with zero attached hydrogens (tertiary/aromatic N) is 1. The lowest BCUT2D eigenvalue weighted by atomic mass is 10.2. The minimum Gasteiger partial charge on any atom is -0.317 e. The van der Waals surface area contributed by atoms with Gasteiger partial charge in [0, 0.05) is 22.9 Å². The van der Waals surface area contributed by atoms with Crippen molar-refractivity contribution in [3.63, 3.8) is 0 Å². The highest BCUT2D eigenvalue weighted by atomic mass is 32.2. The topological polar surface area (TPSA) is 24.9 Å². The second-order valence-electron chi connectivity index (χ2n) is 3.15. The first-order chi connectivity index (χ1) is 6.22. The lowest BCUT2D eigenvalue weighted by molar-refractivity contribution is 0.564. The van der Waals surface area contributed by atoms with Gasteiger partial charge in [0.1, 0.15) is 4.34 Å². The second-order valence-corrected chi connectivity index (χ2v) is 5.73. The summed E-state index contributed by atoms with van der Waals surface area (Å²) in [5.41, 5.74) is 0. The first-order valence-corrected chi connectivity index (χ1v) is 6.21. The first kappa shape index (κ1) is 11.0. The van der Waals surface area contributed by atoms with E-state index in [1.165, 1.54) is 10.8 Å². The molecule has 0 radical (unpaired) electrons. The van der Waals surface area contributed by atoms with Crippen LogP contribution in [-0.2, 0) is 0 Å². The molecule has 1 aromatic heterocycles. The highest BCUT2D eigenvalue weighted by molar-refractivity contribution is 8.01. The number of thiazole rings is 1. The Hall–Kier alpha value is -0.0600. The molecular formula is C9H16N2S2. The molecule has 0 spiro atoms. The molecule has 1 aromatic rings. The molecule has 1 heterocycles. The van der Waals surface area contributed by atoms with Gasteiger partial charge >= 0.3 is 0 Å². The van der Waals surface area contributed by atoms with Crippen molar-refractivity contribution in [3.05, 3.63) is 11.6 Å². The average Bonchev–Trinajstić information content (AvgIpc) is 2.56. The summed E-state index contributed by atoms with van der Waals surface area (Å²) in [6.07, 6.45) is 3.04. The molecule has 0 aliphatic carbocycles. The van der Waals surface area contributed by atoms with Crippen LogP contribution in [0.25, 0.3) is 0 Å². The molecule has 0 bridgehead atoms. The van der Waals surface area contributed by atoms with Crippen molar-refractivity contribution in [2.24, 2.45) is 0 Å². The summed E-state index contributed by atoms with van der Waals surface area (Å²) < 4.78 is 1.18. The van der Waals surface area contributed by atoms with Crippen molar-refractivity contribution in [2.45, 2.75) is 35.9 Å². The Morgan fingerprint density at radius 3 is 2.92 bits per heavy atom. The minimum atomic E-state index is 0.586. The Balaban J connectivity index is 2.29. The van der Waals surface area contributed by atoms with Crippen molar-refractivity contribution in [3.8, 4) is 0 Å². The van der Waals surface area contributed by atoms with Crippen LogP contribution in [0.3, 0.4) is 0 Å². The van der Waals surface area contributed by atoms with Gasteiger partial charge < -0.3 is 5.32 Å². The normalized spacial score (nSPS) is 15.6. The number of hydrogen-bond acceptors (Lipinski definition) is 4. The van der Waals surface area contributed by atoms with E-state index in [4.69, 9.17) is 0 Å². The number of thioether (sulfide) groups is 1. The number of nitrogens with one attached hydrogen (secondary N) is 1. The van der Waals surface area contributed by atoms with Crippen LogP contribution in [0.2, 0.25) is 0 Å². The van der Waals surface area contributed by atoms with Crippen LogP contribution < -0.4 is 5.32 Å². The smallest absolute Gasteiger partial charge is 0.150 e. The SMILES string of the molecule is CNC(C)CC(C)Sc1nccs1. The predicted octanol–water partition coefficient (Wildman–Crippen LogP) is 2.62. The van der Waals surface area contributed by atoms with E-state index in [1.54, 1.807) is 11.3 Å². The fourth-order valence-electron chi connectivity index (χ4n) is 1.10. The van der Waals surface area contributed by atoms with Gasteiger partial charge in [-0.15, -0.1) is 11.3 Å². The number of rotatable bonds is 5. The predicted molar refractivity (Wildman–Crippen MR) is 60.6 cm³/mol. The zero-order valence-electron chi connectivity index (χ0n) is 8.28. The molecule has 4 heteroatoms. The third kappa shape index (κ3) is 4.11. The van der Waals surface area contributed by atoms with E-state index in [1.807, 2.05) is 30.4 Å². The van der Waals surface area contributed by atoms with Crippen LogP contribution >= 0.6 is 23.1 Å². The van der Waals surface area contributed by atoms with Gasteiger partial charge in [-0.3, -0.25) is 0 Å². The van der Waals surface area contributed by atoms with Crippen molar-refractivity contribution in [1.29, 1.82) is 0 Å². The Labute approximate surface area is 88.2 Å². The number of hydrogen-bond donors (Lipinski definition) is 1. The van der Waals surface area contributed by atoms with Crippen LogP contribution in [0.15, 0.2) is 15.9 Å². The molecule has 74 valence electrons. The summed E-state index contributed by atoms with van der Waals surface area (Å²) in [6.45, 7) is 4.46. The summed E-state index contributed by atoms with van der Waals surface area (Å²) in [7, 11) is 2.01. The van der Waals surface area contributed by atoms with Gasteiger partial charge in [-0.2, -0.15) is 0 Å². The number of aromatic nitrogens is 1. The molecule has 0 fully saturated rings. The first-order valence-electron chi connectivity index (χ1n) is 4.45. The van der Waals surface area contributed by atoms with Crippen molar-refractivity contribution >= 4 is 23.1 Å². The van der Waals surface area contributed by atoms with Gasteiger partial charge in [-0.05, 0) is 20.4 Å². The molecule has 0 aliphatic heterocycles. The standard InChI is InChI=1S/C9H16N2S2/c1-7(10-3)6-8(2)13-9-11-4-5-12-9/h4-5,7-8,10H,6H2,1-3H3. The maximum atomic E-state index is 4.25. The molecule has 0 aromatic carbocycles. The summed E-state index contributed by atoms with van der Waals surface area (Å²) in [5, 5.41) is 5.90. The highest BCUT2D eigenvalue weighted by Gasteiger charge is 2.09. The van der Waals surface area contributed by atoms with Gasteiger partial charge in [0.25, 0.3) is 0 Å². The highest BCUT2D eigenvalue weighted by Crippen LogP contribution is 2.27. The van der Waals surface area contributed by atoms with Crippen LogP contribution in [0.1, 0.15) is 20.3 Å². The summed E-state index contributed by atoms with van der Waals surface area (Å²) in [6, 6.07) is 0.586. The quantitative estimate of drug-likeness (QED) is 0.766. The van der Waals surface area contributed by atoms with Crippen LogP contribution in [0, 0.1) is 0 Å². The molecule has 2 atom stereocenters. The maximum absolute atomic E-state index is 4.25. The van der Waals surface area contributed by atoms with E-state index < -0.39 is 0 Å². The summed E-state index contributed by atoms with van der Waals surface area (Å²) >= 11 is 3.58. The van der Waals surface area contributed by atoms with E-state index in [2.05, 4.69) is 24.1 Å². The molecule has 2 nitrogen and oxygen atoms in total. The monoisotopic (exact) mass is 216 g/mol. The van der Waals surface area contributed by atoms with E-state index in [9.17, 15) is 0 Å². The molecule has 2 unspecified atom stereocenters. The fraction of sp³-hybridized carbons (Fsp3) is 0.667. The van der Waals surface area contributed by atoms with Crippen molar-refractivity contribution in [1.82, 2.24) is 10.3 Å². The lowest BCUT2D eigenvalue weighted by Gasteiger charge is -2.14. The second kappa shape index (κ2) is 5.62. The third-order valence-electron chi connectivity index (χ3n) is 1.89. The average molecular weight is 216 g/mol. The molecule has 1 rings (SSSR count). The van der Waals surface area contributed by atoms with E-state index in [0.717, 1.165) is 0 Å². The molecule has 0 aliphatic rings. The zero-order valence-corrected chi connectivity index (χ0v) is 9.91.